The Balaban J connectivity index is 2.31. The fourth-order valence-electron chi connectivity index (χ4n) is 2.96. The van der Waals surface area contributed by atoms with Gasteiger partial charge >= 0.3 is 0 Å². The lowest BCUT2D eigenvalue weighted by Crippen LogP contribution is -2.17. The summed E-state index contributed by atoms with van der Waals surface area (Å²) in [4.78, 5) is 4.67. The number of rotatable bonds is 4. The van der Waals surface area contributed by atoms with E-state index >= 15 is 0 Å². The van der Waals surface area contributed by atoms with Gasteiger partial charge < -0.3 is 14.2 Å². The van der Waals surface area contributed by atoms with Crippen molar-refractivity contribution in [1.29, 1.82) is 0 Å². The summed E-state index contributed by atoms with van der Waals surface area (Å²) in [6.45, 7) is 0.641. The van der Waals surface area contributed by atoms with Crippen molar-refractivity contribution in [1.82, 2.24) is 0 Å². The molecule has 0 saturated carbocycles. The van der Waals surface area contributed by atoms with Crippen molar-refractivity contribution in [3.05, 3.63) is 51.0 Å². The van der Waals surface area contributed by atoms with Crippen molar-refractivity contribution in [2.75, 3.05) is 27.9 Å². The van der Waals surface area contributed by atoms with E-state index in [1.54, 1.807) is 33.5 Å². The molecule has 0 bridgehead atoms. The van der Waals surface area contributed by atoms with Gasteiger partial charge in [0.05, 0.1) is 37.1 Å². The third-order valence-corrected chi connectivity index (χ3v) is 4.63. The topological polar surface area (TPSA) is 40.0 Å². The maximum atomic E-state index is 6.40. The molecule has 0 unspecified atom stereocenters. The fourth-order valence-corrected chi connectivity index (χ4v) is 3.54. The van der Waals surface area contributed by atoms with Crippen LogP contribution in [0.5, 0.6) is 17.2 Å². The highest BCUT2D eigenvalue weighted by Crippen LogP contribution is 2.45. The Morgan fingerprint density at radius 2 is 1.58 bits per heavy atom. The molecule has 1 aliphatic heterocycles. The SMILES string of the molecule is COc1cc2c(c(OC)c1OC)C(c1c(Cl)cccc1Cl)=NCC2. The summed E-state index contributed by atoms with van der Waals surface area (Å²) < 4.78 is 16.6. The summed E-state index contributed by atoms with van der Waals surface area (Å²) in [6, 6.07) is 7.36. The Kier molecular flexibility index (Phi) is 4.88. The monoisotopic (exact) mass is 365 g/mol. The van der Waals surface area contributed by atoms with Crippen LogP contribution in [0.3, 0.4) is 0 Å². The molecule has 0 saturated heterocycles. The van der Waals surface area contributed by atoms with Gasteiger partial charge in [0.2, 0.25) is 5.75 Å². The van der Waals surface area contributed by atoms with Gasteiger partial charge in [0.25, 0.3) is 0 Å². The number of aliphatic imine (C=N–C) groups is 1. The largest absolute Gasteiger partial charge is 0.493 e. The van der Waals surface area contributed by atoms with E-state index in [-0.39, 0.29) is 0 Å². The molecule has 0 atom stereocenters. The number of methoxy groups -OCH3 is 3. The Morgan fingerprint density at radius 1 is 0.917 bits per heavy atom. The minimum atomic E-state index is 0.525. The molecular weight excluding hydrogens is 349 g/mol. The van der Waals surface area contributed by atoms with Crippen LogP contribution in [0.25, 0.3) is 0 Å². The smallest absolute Gasteiger partial charge is 0.203 e. The molecule has 24 heavy (non-hydrogen) atoms. The van der Waals surface area contributed by atoms with Crippen LogP contribution < -0.4 is 14.2 Å². The van der Waals surface area contributed by atoms with Crippen LogP contribution in [0.4, 0.5) is 0 Å². The van der Waals surface area contributed by atoms with Gasteiger partial charge in [-0.15, -0.1) is 0 Å². The number of halogens is 2. The molecule has 2 aromatic carbocycles. The first-order chi connectivity index (χ1) is 11.6. The van der Waals surface area contributed by atoms with Gasteiger partial charge in [-0.1, -0.05) is 29.3 Å². The van der Waals surface area contributed by atoms with Crippen LogP contribution in [-0.2, 0) is 6.42 Å². The molecule has 0 N–H and O–H groups in total. The first-order valence-corrected chi connectivity index (χ1v) is 8.19. The van der Waals surface area contributed by atoms with E-state index in [1.807, 2.05) is 12.1 Å². The average molecular weight is 366 g/mol. The van der Waals surface area contributed by atoms with Crippen molar-refractivity contribution in [3.63, 3.8) is 0 Å². The summed E-state index contributed by atoms with van der Waals surface area (Å²) in [5, 5.41) is 1.09. The number of hydrogen-bond donors (Lipinski definition) is 0. The summed E-state index contributed by atoms with van der Waals surface area (Å²) in [5.74, 6) is 1.72. The van der Waals surface area contributed by atoms with Crippen LogP contribution >= 0.6 is 23.2 Å². The maximum Gasteiger partial charge on any atom is 0.203 e. The molecule has 0 spiro atoms. The van der Waals surface area contributed by atoms with Crippen LogP contribution in [0.2, 0.25) is 10.0 Å². The first-order valence-electron chi connectivity index (χ1n) is 7.43. The lowest BCUT2D eigenvalue weighted by molar-refractivity contribution is 0.323. The van der Waals surface area contributed by atoms with E-state index in [0.717, 1.165) is 17.5 Å². The lowest BCUT2D eigenvalue weighted by atomic mass is 9.91. The zero-order valence-electron chi connectivity index (χ0n) is 13.7. The summed E-state index contributed by atoms with van der Waals surface area (Å²) >= 11 is 12.8. The van der Waals surface area contributed by atoms with E-state index < -0.39 is 0 Å². The van der Waals surface area contributed by atoms with Gasteiger partial charge in [-0.2, -0.15) is 0 Å². The van der Waals surface area contributed by atoms with Gasteiger partial charge in [-0.25, -0.2) is 0 Å². The van der Waals surface area contributed by atoms with E-state index in [1.165, 1.54) is 0 Å². The van der Waals surface area contributed by atoms with Crippen molar-refractivity contribution >= 4 is 28.9 Å². The minimum Gasteiger partial charge on any atom is -0.493 e. The Bertz CT molecular complexity index is 798. The predicted molar refractivity (Wildman–Crippen MR) is 96.8 cm³/mol. The molecule has 0 aliphatic carbocycles. The van der Waals surface area contributed by atoms with Crippen molar-refractivity contribution in [2.24, 2.45) is 4.99 Å². The zero-order chi connectivity index (χ0) is 17.3. The molecule has 2 aromatic rings. The molecule has 3 rings (SSSR count). The van der Waals surface area contributed by atoms with Crippen LogP contribution in [-0.4, -0.2) is 33.6 Å². The molecule has 6 heteroatoms. The van der Waals surface area contributed by atoms with E-state index in [2.05, 4.69) is 4.99 Å². The molecule has 1 aliphatic rings. The number of nitrogens with zero attached hydrogens (tertiary/aromatic N) is 1. The van der Waals surface area contributed by atoms with Crippen molar-refractivity contribution in [2.45, 2.75) is 6.42 Å². The van der Waals surface area contributed by atoms with Gasteiger partial charge in [0.1, 0.15) is 0 Å². The predicted octanol–water partition coefficient (Wildman–Crippen LogP) is 4.41. The van der Waals surface area contributed by atoms with E-state index in [9.17, 15) is 0 Å². The van der Waals surface area contributed by atoms with Crippen LogP contribution in [0.15, 0.2) is 29.3 Å². The quantitative estimate of drug-likeness (QED) is 0.805. The molecule has 0 fully saturated rings. The second-order valence-corrected chi connectivity index (χ2v) is 6.07. The van der Waals surface area contributed by atoms with Gasteiger partial charge in [0.15, 0.2) is 11.5 Å². The zero-order valence-corrected chi connectivity index (χ0v) is 15.2. The third kappa shape index (κ3) is 2.70. The van der Waals surface area contributed by atoms with E-state index in [0.29, 0.717) is 45.1 Å². The van der Waals surface area contributed by atoms with E-state index in [4.69, 9.17) is 37.4 Å². The van der Waals surface area contributed by atoms with Gasteiger partial charge in [-0.05, 0) is 30.2 Å². The maximum absolute atomic E-state index is 6.40. The lowest BCUT2D eigenvalue weighted by Gasteiger charge is -2.24. The molecule has 0 amide bonds. The Morgan fingerprint density at radius 3 is 2.17 bits per heavy atom. The molecular formula is C18H17Cl2NO3. The highest BCUT2D eigenvalue weighted by atomic mass is 35.5. The molecule has 0 aromatic heterocycles. The van der Waals surface area contributed by atoms with Gasteiger partial charge in [0, 0.05) is 17.7 Å². The normalized spacial score (nSPS) is 13.1. The molecule has 126 valence electrons. The highest BCUT2D eigenvalue weighted by Gasteiger charge is 2.28. The molecule has 1 heterocycles. The Hall–Kier alpha value is -1.91. The van der Waals surface area contributed by atoms with Crippen molar-refractivity contribution < 1.29 is 14.2 Å². The Labute approximate surface area is 151 Å². The fraction of sp³-hybridized carbons (Fsp3) is 0.278. The van der Waals surface area contributed by atoms with Crippen LogP contribution in [0, 0.1) is 0 Å². The third-order valence-electron chi connectivity index (χ3n) is 4.00. The van der Waals surface area contributed by atoms with Crippen molar-refractivity contribution in [3.8, 4) is 17.2 Å². The number of ether oxygens (including phenoxy) is 3. The summed E-state index contributed by atoms with van der Waals surface area (Å²) in [7, 11) is 4.78. The van der Waals surface area contributed by atoms with Gasteiger partial charge in [-0.3, -0.25) is 4.99 Å². The average Bonchev–Trinajstić information content (AvgIpc) is 2.59. The summed E-state index contributed by atoms with van der Waals surface area (Å²) in [6.07, 6.45) is 0.775. The second kappa shape index (κ2) is 6.91. The second-order valence-electron chi connectivity index (χ2n) is 5.26. The highest BCUT2D eigenvalue weighted by molar-refractivity contribution is 6.42. The first kappa shape index (κ1) is 16.9. The number of benzene rings is 2. The van der Waals surface area contributed by atoms with Crippen LogP contribution in [0.1, 0.15) is 16.7 Å². The molecule has 4 nitrogen and oxygen atoms in total. The minimum absolute atomic E-state index is 0.525. The molecule has 0 radical (unpaired) electrons. The standard InChI is InChI=1S/C18H17Cl2NO3/c1-22-13-9-10-7-8-21-16(14(10)18(24-3)17(13)23-2)15-11(19)5-4-6-12(15)20/h4-6,9H,7-8H2,1-3H3. The number of hydrogen-bond acceptors (Lipinski definition) is 4. The number of fused-ring (bicyclic) bond motifs is 1. The summed E-state index contributed by atoms with van der Waals surface area (Å²) in [5.41, 5.74) is 3.32.